The molecule has 30 heavy (non-hydrogen) atoms. The molecular formula is C23H26N4O3. The third-order valence-corrected chi connectivity index (χ3v) is 6.68. The van der Waals surface area contributed by atoms with E-state index in [1.807, 2.05) is 37.3 Å². The first-order valence-electron chi connectivity index (χ1n) is 10.5. The van der Waals surface area contributed by atoms with Crippen LogP contribution in [0.3, 0.4) is 0 Å². The third kappa shape index (κ3) is 3.18. The number of benzene rings is 1. The average Bonchev–Trinajstić information content (AvgIpc) is 3.02. The highest BCUT2D eigenvalue weighted by Gasteiger charge is 2.71. The largest absolute Gasteiger partial charge is 0.438 e. The van der Waals surface area contributed by atoms with Crippen molar-refractivity contribution >= 4 is 17.1 Å². The van der Waals surface area contributed by atoms with Crippen LogP contribution in [-0.4, -0.2) is 51.6 Å². The molecule has 2 fully saturated rings. The Morgan fingerprint density at radius 2 is 2.13 bits per heavy atom. The summed E-state index contributed by atoms with van der Waals surface area (Å²) in [5.41, 5.74) is 2.25. The van der Waals surface area contributed by atoms with Crippen molar-refractivity contribution in [1.82, 2.24) is 20.2 Å². The number of aliphatic hydroxyl groups excluding tert-OH is 1. The first-order valence-corrected chi connectivity index (χ1v) is 10.5. The number of carbonyl (C=O) groups excluding carboxylic acids is 1. The van der Waals surface area contributed by atoms with E-state index >= 15 is 0 Å². The summed E-state index contributed by atoms with van der Waals surface area (Å²) in [7, 11) is 0. The Hall–Kier alpha value is -2.77. The molecule has 3 heterocycles. The van der Waals surface area contributed by atoms with Gasteiger partial charge >= 0.3 is 0 Å². The Bertz CT molecular complexity index is 1020. The van der Waals surface area contributed by atoms with Crippen molar-refractivity contribution in [2.45, 2.75) is 31.9 Å². The van der Waals surface area contributed by atoms with Gasteiger partial charge in [0, 0.05) is 37.7 Å². The SMILES string of the molecule is CCC(=O)NC[C@@H]1[C@@H](c2ccccc2)[C@]12CN(Cc1nc3ncccc3o1)C[C@H]2O. The predicted molar refractivity (Wildman–Crippen MR) is 111 cm³/mol. The van der Waals surface area contributed by atoms with E-state index in [9.17, 15) is 9.90 Å². The highest BCUT2D eigenvalue weighted by atomic mass is 16.3. The summed E-state index contributed by atoms with van der Waals surface area (Å²) in [4.78, 5) is 22.8. The van der Waals surface area contributed by atoms with Gasteiger partial charge in [-0.05, 0) is 29.5 Å². The molecule has 1 aliphatic carbocycles. The number of amides is 1. The number of β-amino-alcohol motifs (C(OH)–C–C–N with tert-alkyl or cyclic N) is 1. The summed E-state index contributed by atoms with van der Waals surface area (Å²) in [6.07, 6.45) is 1.71. The summed E-state index contributed by atoms with van der Waals surface area (Å²) in [5.74, 6) is 1.09. The number of hydrogen-bond donors (Lipinski definition) is 2. The zero-order chi connectivity index (χ0) is 20.7. The monoisotopic (exact) mass is 406 g/mol. The highest BCUT2D eigenvalue weighted by Crippen LogP contribution is 2.68. The molecule has 1 spiro atoms. The van der Waals surface area contributed by atoms with Crippen molar-refractivity contribution < 1.29 is 14.3 Å². The molecule has 7 heteroatoms. The predicted octanol–water partition coefficient (Wildman–Crippen LogP) is 2.33. The molecule has 1 aromatic carbocycles. The first-order chi connectivity index (χ1) is 14.6. The minimum atomic E-state index is -0.464. The van der Waals surface area contributed by atoms with Crippen LogP contribution in [0.1, 0.15) is 30.7 Å². The number of oxazole rings is 1. The minimum absolute atomic E-state index is 0.0483. The van der Waals surface area contributed by atoms with Crippen molar-refractivity contribution in [3.63, 3.8) is 0 Å². The Balaban J connectivity index is 1.36. The summed E-state index contributed by atoms with van der Waals surface area (Å²) in [6, 6.07) is 14.0. The molecule has 1 saturated carbocycles. The standard InChI is InChI=1S/C23H26N4O3/c1-2-19(29)25-11-16-21(15-7-4-3-5-8-15)23(16)14-27(12-18(23)28)13-20-26-22-17(30-20)9-6-10-24-22/h3-10,16,18,21,28H,2,11-14H2,1H3,(H,25,29)/t16-,18-,21-,23-/m1/s1. The number of aromatic nitrogens is 2. The number of pyridine rings is 1. The molecule has 4 atom stereocenters. The van der Waals surface area contributed by atoms with E-state index in [1.165, 1.54) is 5.56 Å². The van der Waals surface area contributed by atoms with Gasteiger partial charge in [-0.3, -0.25) is 9.69 Å². The molecule has 0 unspecified atom stereocenters. The fraction of sp³-hybridized carbons (Fsp3) is 0.435. The maximum Gasteiger partial charge on any atom is 0.219 e. The van der Waals surface area contributed by atoms with Gasteiger partial charge < -0.3 is 14.8 Å². The van der Waals surface area contributed by atoms with E-state index in [1.54, 1.807) is 6.20 Å². The lowest BCUT2D eigenvalue weighted by atomic mass is 9.95. The number of aliphatic hydroxyl groups is 1. The molecule has 0 bridgehead atoms. The first kappa shape index (κ1) is 19.2. The molecule has 7 nitrogen and oxygen atoms in total. The quantitative estimate of drug-likeness (QED) is 0.653. The van der Waals surface area contributed by atoms with Crippen molar-refractivity contribution in [1.29, 1.82) is 0 Å². The van der Waals surface area contributed by atoms with Gasteiger partial charge in [0.1, 0.15) is 0 Å². The molecule has 1 aliphatic heterocycles. The second kappa shape index (κ2) is 7.49. The fourth-order valence-electron chi connectivity index (χ4n) is 5.23. The zero-order valence-corrected chi connectivity index (χ0v) is 17.0. The molecule has 156 valence electrons. The molecule has 2 N–H and O–H groups in total. The van der Waals surface area contributed by atoms with E-state index in [-0.39, 0.29) is 23.2 Å². The molecular weight excluding hydrogens is 380 g/mol. The summed E-state index contributed by atoms with van der Waals surface area (Å²) < 4.78 is 5.83. The Labute approximate surface area is 175 Å². The zero-order valence-electron chi connectivity index (χ0n) is 17.0. The fourth-order valence-corrected chi connectivity index (χ4v) is 5.23. The van der Waals surface area contributed by atoms with Gasteiger partial charge in [-0.25, -0.2) is 4.98 Å². The number of fused-ring (bicyclic) bond motifs is 1. The van der Waals surface area contributed by atoms with E-state index in [4.69, 9.17) is 4.42 Å². The maximum atomic E-state index is 11.9. The van der Waals surface area contributed by atoms with E-state index in [0.717, 1.165) is 6.54 Å². The lowest BCUT2D eigenvalue weighted by Gasteiger charge is -2.16. The van der Waals surface area contributed by atoms with Gasteiger partial charge in [0.15, 0.2) is 11.2 Å². The highest BCUT2D eigenvalue weighted by molar-refractivity contribution is 5.75. The van der Waals surface area contributed by atoms with Crippen LogP contribution in [0.5, 0.6) is 0 Å². The van der Waals surface area contributed by atoms with Crippen LogP contribution < -0.4 is 5.32 Å². The second-order valence-electron chi connectivity index (χ2n) is 8.38. The van der Waals surface area contributed by atoms with E-state index in [2.05, 4.69) is 32.3 Å². The van der Waals surface area contributed by atoms with Crippen LogP contribution in [0.2, 0.25) is 0 Å². The van der Waals surface area contributed by atoms with Crippen LogP contribution in [0.25, 0.3) is 11.2 Å². The van der Waals surface area contributed by atoms with Gasteiger partial charge in [-0.1, -0.05) is 37.3 Å². The van der Waals surface area contributed by atoms with Crippen LogP contribution in [0, 0.1) is 11.3 Å². The van der Waals surface area contributed by atoms with Crippen molar-refractivity contribution in [2.75, 3.05) is 19.6 Å². The maximum absolute atomic E-state index is 11.9. The molecule has 2 aromatic heterocycles. The molecule has 1 saturated heterocycles. The smallest absolute Gasteiger partial charge is 0.219 e. The second-order valence-corrected chi connectivity index (χ2v) is 8.38. The number of nitrogens with zero attached hydrogens (tertiary/aromatic N) is 3. The normalized spacial score (nSPS) is 28.3. The lowest BCUT2D eigenvalue weighted by molar-refractivity contribution is -0.120. The Kier molecular flexibility index (Phi) is 4.79. The van der Waals surface area contributed by atoms with E-state index in [0.29, 0.717) is 43.2 Å². The van der Waals surface area contributed by atoms with Gasteiger partial charge in [0.2, 0.25) is 11.8 Å². The number of hydrogen-bond acceptors (Lipinski definition) is 6. The molecule has 3 aromatic rings. The van der Waals surface area contributed by atoms with Crippen molar-refractivity contribution in [3.05, 3.63) is 60.1 Å². The number of nitrogens with one attached hydrogen (secondary N) is 1. The number of likely N-dealkylation sites (tertiary alicyclic amines) is 1. The molecule has 0 radical (unpaired) electrons. The summed E-state index contributed by atoms with van der Waals surface area (Å²) >= 11 is 0. The topological polar surface area (TPSA) is 91.5 Å². The van der Waals surface area contributed by atoms with Gasteiger partial charge in [0.25, 0.3) is 0 Å². The van der Waals surface area contributed by atoms with Crippen LogP contribution in [-0.2, 0) is 11.3 Å². The summed E-state index contributed by atoms with van der Waals surface area (Å²) in [5, 5.41) is 14.2. The van der Waals surface area contributed by atoms with E-state index < -0.39 is 6.10 Å². The summed E-state index contributed by atoms with van der Waals surface area (Å²) in [6.45, 7) is 4.28. The average molecular weight is 406 g/mol. The third-order valence-electron chi connectivity index (χ3n) is 6.68. The number of carbonyl (C=O) groups is 1. The molecule has 1 amide bonds. The minimum Gasteiger partial charge on any atom is -0.438 e. The molecule has 5 rings (SSSR count). The Morgan fingerprint density at radius 1 is 1.30 bits per heavy atom. The van der Waals surface area contributed by atoms with Gasteiger partial charge in [-0.2, -0.15) is 4.98 Å². The van der Waals surface area contributed by atoms with Crippen molar-refractivity contribution in [3.8, 4) is 0 Å². The van der Waals surface area contributed by atoms with Crippen molar-refractivity contribution in [2.24, 2.45) is 11.3 Å². The van der Waals surface area contributed by atoms with Gasteiger partial charge in [-0.15, -0.1) is 0 Å². The number of rotatable bonds is 6. The van der Waals surface area contributed by atoms with Crippen LogP contribution in [0.4, 0.5) is 0 Å². The van der Waals surface area contributed by atoms with Crippen LogP contribution in [0.15, 0.2) is 53.1 Å². The lowest BCUT2D eigenvalue weighted by Crippen LogP contribution is -2.29. The van der Waals surface area contributed by atoms with Gasteiger partial charge in [0.05, 0.1) is 12.6 Å². The van der Waals surface area contributed by atoms with Crippen LogP contribution >= 0.6 is 0 Å². The molecule has 2 aliphatic rings. The Morgan fingerprint density at radius 3 is 2.90 bits per heavy atom.